The molecule has 0 aliphatic carbocycles. The van der Waals surface area contributed by atoms with E-state index in [-0.39, 0.29) is 6.03 Å². The van der Waals surface area contributed by atoms with Crippen LogP contribution in [0.3, 0.4) is 0 Å². The van der Waals surface area contributed by atoms with Crippen molar-refractivity contribution in [1.29, 1.82) is 0 Å². The van der Waals surface area contributed by atoms with Crippen molar-refractivity contribution in [2.75, 3.05) is 24.5 Å². The predicted octanol–water partition coefficient (Wildman–Crippen LogP) is 3.68. The Morgan fingerprint density at radius 1 is 1.21 bits per heavy atom. The SMILES string of the molecule is CCCN(CCC)C(=O)N1CCCc2ccccc21. The van der Waals surface area contributed by atoms with Gasteiger partial charge in [-0.25, -0.2) is 4.79 Å². The summed E-state index contributed by atoms with van der Waals surface area (Å²) in [6, 6.07) is 8.47. The van der Waals surface area contributed by atoms with Gasteiger partial charge in [0.05, 0.1) is 0 Å². The first kappa shape index (κ1) is 13.9. The van der Waals surface area contributed by atoms with Gasteiger partial charge in [-0.3, -0.25) is 4.90 Å². The normalized spacial score (nSPS) is 14.1. The van der Waals surface area contributed by atoms with E-state index in [0.717, 1.165) is 51.0 Å². The average Bonchev–Trinajstić information content (AvgIpc) is 2.46. The number of benzene rings is 1. The minimum absolute atomic E-state index is 0.177. The minimum atomic E-state index is 0.177. The number of urea groups is 1. The van der Waals surface area contributed by atoms with Gasteiger partial charge in [0.15, 0.2) is 0 Å². The molecule has 1 aliphatic rings. The first-order valence-corrected chi connectivity index (χ1v) is 7.42. The van der Waals surface area contributed by atoms with Crippen molar-refractivity contribution in [3.05, 3.63) is 29.8 Å². The summed E-state index contributed by atoms with van der Waals surface area (Å²) in [5, 5.41) is 0. The van der Waals surface area contributed by atoms with Crippen LogP contribution in [0.2, 0.25) is 0 Å². The van der Waals surface area contributed by atoms with Gasteiger partial charge in [-0.2, -0.15) is 0 Å². The summed E-state index contributed by atoms with van der Waals surface area (Å²) in [5.41, 5.74) is 2.41. The van der Waals surface area contributed by atoms with Crippen molar-refractivity contribution >= 4 is 11.7 Å². The number of nitrogens with zero attached hydrogens (tertiary/aromatic N) is 2. The predicted molar refractivity (Wildman–Crippen MR) is 79.7 cm³/mol. The number of hydrogen-bond donors (Lipinski definition) is 0. The topological polar surface area (TPSA) is 23.6 Å². The summed E-state index contributed by atoms with van der Waals surface area (Å²) >= 11 is 0. The standard InChI is InChI=1S/C16H24N2O/c1-3-11-17(12-4-2)16(19)18-13-7-9-14-8-5-6-10-15(14)18/h5-6,8,10H,3-4,7,9,11-13H2,1-2H3. The highest BCUT2D eigenvalue weighted by molar-refractivity contribution is 5.93. The molecule has 0 aromatic heterocycles. The molecule has 0 bridgehead atoms. The molecule has 3 nitrogen and oxygen atoms in total. The van der Waals surface area contributed by atoms with Crippen LogP contribution in [0.25, 0.3) is 0 Å². The minimum Gasteiger partial charge on any atom is -0.324 e. The van der Waals surface area contributed by atoms with Crippen LogP contribution in [0.5, 0.6) is 0 Å². The molecule has 2 rings (SSSR count). The van der Waals surface area contributed by atoms with Crippen LogP contribution in [0.4, 0.5) is 10.5 Å². The molecule has 19 heavy (non-hydrogen) atoms. The molecule has 0 spiro atoms. The van der Waals surface area contributed by atoms with E-state index < -0.39 is 0 Å². The lowest BCUT2D eigenvalue weighted by Crippen LogP contribution is -2.46. The smallest absolute Gasteiger partial charge is 0.324 e. The highest BCUT2D eigenvalue weighted by Gasteiger charge is 2.25. The molecule has 0 saturated heterocycles. The van der Waals surface area contributed by atoms with Gasteiger partial charge in [-0.1, -0.05) is 32.0 Å². The Balaban J connectivity index is 2.19. The van der Waals surface area contributed by atoms with Crippen molar-refractivity contribution in [3.8, 4) is 0 Å². The lowest BCUT2D eigenvalue weighted by Gasteiger charge is -2.34. The Bertz CT molecular complexity index is 425. The fraction of sp³-hybridized carbons (Fsp3) is 0.562. The summed E-state index contributed by atoms with van der Waals surface area (Å²) in [7, 11) is 0. The number of para-hydroxylation sites is 1. The van der Waals surface area contributed by atoms with Gasteiger partial charge in [0.2, 0.25) is 0 Å². The zero-order valence-corrected chi connectivity index (χ0v) is 12.1. The van der Waals surface area contributed by atoms with Gasteiger partial charge in [0.1, 0.15) is 0 Å². The largest absolute Gasteiger partial charge is 0.324 e. The monoisotopic (exact) mass is 260 g/mol. The number of hydrogen-bond acceptors (Lipinski definition) is 1. The van der Waals surface area contributed by atoms with Gasteiger partial charge in [0.25, 0.3) is 0 Å². The number of carbonyl (C=O) groups is 1. The van der Waals surface area contributed by atoms with E-state index in [4.69, 9.17) is 0 Å². The third-order valence-electron chi connectivity index (χ3n) is 3.60. The van der Waals surface area contributed by atoms with Gasteiger partial charge in [-0.05, 0) is 37.3 Å². The number of aryl methyl sites for hydroxylation is 1. The highest BCUT2D eigenvalue weighted by Crippen LogP contribution is 2.27. The molecule has 0 atom stereocenters. The molecule has 0 N–H and O–H groups in total. The first-order chi connectivity index (χ1) is 9.27. The fourth-order valence-electron chi connectivity index (χ4n) is 2.75. The maximum absolute atomic E-state index is 12.7. The molecule has 0 fully saturated rings. The summed E-state index contributed by atoms with van der Waals surface area (Å²) in [6.45, 7) is 6.80. The van der Waals surface area contributed by atoms with Gasteiger partial charge in [-0.15, -0.1) is 0 Å². The molecule has 3 heteroatoms. The lowest BCUT2D eigenvalue weighted by molar-refractivity contribution is 0.204. The molecule has 104 valence electrons. The van der Waals surface area contributed by atoms with E-state index in [9.17, 15) is 4.79 Å². The molecular formula is C16H24N2O. The van der Waals surface area contributed by atoms with Crippen LogP contribution in [-0.4, -0.2) is 30.6 Å². The molecule has 1 aliphatic heterocycles. The van der Waals surface area contributed by atoms with E-state index >= 15 is 0 Å². The molecule has 2 amide bonds. The van der Waals surface area contributed by atoms with Gasteiger partial charge < -0.3 is 4.90 Å². The Morgan fingerprint density at radius 3 is 2.58 bits per heavy atom. The number of fused-ring (bicyclic) bond motifs is 1. The van der Waals surface area contributed by atoms with E-state index in [0.29, 0.717) is 0 Å². The van der Waals surface area contributed by atoms with Crippen LogP contribution < -0.4 is 4.90 Å². The third-order valence-corrected chi connectivity index (χ3v) is 3.60. The Morgan fingerprint density at radius 2 is 1.89 bits per heavy atom. The van der Waals surface area contributed by atoms with Crippen LogP contribution in [-0.2, 0) is 6.42 Å². The molecule has 0 saturated carbocycles. The number of anilines is 1. The van der Waals surface area contributed by atoms with E-state index in [2.05, 4.69) is 32.0 Å². The van der Waals surface area contributed by atoms with E-state index in [1.165, 1.54) is 5.56 Å². The number of rotatable bonds is 4. The third kappa shape index (κ3) is 3.09. The Labute approximate surface area is 116 Å². The highest BCUT2D eigenvalue weighted by atomic mass is 16.2. The number of amides is 2. The Hall–Kier alpha value is -1.51. The molecule has 0 radical (unpaired) electrons. The maximum atomic E-state index is 12.7. The summed E-state index contributed by atoms with van der Waals surface area (Å²) in [4.78, 5) is 16.6. The lowest BCUT2D eigenvalue weighted by atomic mass is 10.0. The molecule has 1 aromatic rings. The van der Waals surface area contributed by atoms with Crippen molar-refractivity contribution in [2.45, 2.75) is 39.5 Å². The molecule has 0 unspecified atom stereocenters. The fourth-order valence-corrected chi connectivity index (χ4v) is 2.75. The van der Waals surface area contributed by atoms with Crippen LogP contribution >= 0.6 is 0 Å². The summed E-state index contributed by atoms with van der Waals surface area (Å²) in [5.74, 6) is 0. The van der Waals surface area contributed by atoms with Crippen LogP contribution in [0, 0.1) is 0 Å². The van der Waals surface area contributed by atoms with Crippen LogP contribution in [0.15, 0.2) is 24.3 Å². The molecule has 1 heterocycles. The van der Waals surface area contributed by atoms with Gasteiger partial charge in [0, 0.05) is 25.3 Å². The summed E-state index contributed by atoms with van der Waals surface area (Å²) < 4.78 is 0. The van der Waals surface area contributed by atoms with E-state index in [1.807, 2.05) is 15.9 Å². The summed E-state index contributed by atoms with van der Waals surface area (Å²) in [6.07, 6.45) is 4.18. The van der Waals surface area contributed by atoms with Crippen LogP contribution in [0.1, 0.15) is 38.7 Å². The second kappa shape index (κ2) is 6.60. The van der Waals surface area contributed by atoms with Crippen molar-refractivity contribution in [3.63, 3.8) is 0 Å². The molecular weight excluding hydrogens is 236 g/mol. The van der Waals surface area contributed by atoms with Crippen molar-refractivity contribution in [1.82, 2.24) is 4.90 Å². The quantitative estimate of drug-likeness (QED) is 0.810. The van der Waals surface area contributed by atoms with Gasteiger partial charge >= 0.3 is 6.03 Å². The van der Waals surface area contributed by atoms with E-state index in [1.54, 1.807) is 0 Å². The zero-order chi connectivity index (χ0) is 13.7. The second-order valence-electron chi connectivity index (χ2n) is 5.15. The molecule has 1 aromatic carbocycles. The maximum Gasteiger partial charge on any atom is 0.324 e. The van der Waals surface area contributed by atoms with Crippen molar-refractivity contribution < 1.29 is 4.79 Å². The second-order valence-corrected chi connectivity index (χ2v) is 5.15. The first-order valence-electron chi connectivity index (χ1n) is 7.42. The number of carbonyl (C=O) groups excluding carboxylic acids is 1. The Kier molecular flexibility index (Phi) is 4.83. The van der Waals surface area contributed by atoms with Crippen molar-refractivity contribution in [2.24, 2.45) is 0 Å². The average molecular weight is 260 g/mol. The zero-order valence-electron chi connectivity index (χ0n) is 12.1.